The van der Waals surface area contributed by atoms with Crippen LogP contribution in [-0.4, -0.2) is 5.91 Å². The summed E-state index contributed by atoms with van der Waals surface area (Å²) in [6, 6.07) is 23.4. The van der Waals surface area contributed by atoms with Gasteiger partial charge in [-0.3, -0.25) is 4.79 Å². The molecule has 4 heteroatoms. The van der Waals surface area contributed by atoms with Crippen LogP contribution >= 0.6 is 22.6 Å². The van der Waals surface area contributed by atoms with Gasteiger partial charge in [0.25, 0.3) is 5.91 Å². The van der Waals surface area contributed by atoms with E-state index in [4.69, 9.17) is 0 Å². The Morgan fingerprint density at radius 1 is 0.833 bits per heavy atom. The molecule has 0 fully saturated rings. The molecule has 1 amide bonds. The number of nitrogens with one attached hydrogen (secondary N) is 2. The summed E-state index contributed by atoms with van der Waals surface area (Å²) in [7, 11) is 0. The molecule has 3 aromatic carbocycles. The fourth-order valence-corrected chi connectivity index (χ4v) is 2.96. The highest BCUT2D eigenvalue weighted by Crippen LogP contribution is 2.26. The Morgan fingerprint density at radius 3 is 2.17 bits per heavy atom. The third-order valence-corrected chi connectivity index (χ3v) is 4.56. The summed E-state index contributed by atoms with van der Waals surface area (Å²) >= 11 is 2.17. The van der Waals surface area contributed by atoms with Crippen LogP contribution in [-0.2, 0) is 0 Å². The van der Waals surface area contributed by atoms with Crippen molar-refractivity contribution in [1.82, 2.24) is 0 Å². The van der Waals surface area contributed by atoms with Crippen LogP contribution in [0.2, 0.25) is 0 Å². The van der Waals surface area contributed by atoms with Crippen LogP contribution in [0.4, 0.5) is 17.1 Å². The molecular formula is C20H17IN2O. The number of carbonyl (C=O) groups excluding carboxylic acids is 1. The summed E-state index contributed by atoms with van der Waals surface area (Å²) in [4.78, 5) is 12.5. The average Bonchev–Trinajstić information content (AvgIpc) is 2.59. The number of hydrogen-bond acceptors (Lipinski definition) is 2. The van der Waals surface area contributed by atoms with E-state index >= 15 is 0 Å². The molecule has 24 heavy (non-hydrogen) atoms. The van der Waals surface area contributed by atoms with E-state index in [9.17, 15) is 4.79 Å². The van der Waals surface area contributed by atoms with Crippen molar-refractivity contribution in [2.24, 2.45) is 0 Å². The van der Waals surface area contributed by atoms with E-state index in [-0.39, 0.29) is 5.91 Å². The lowest BCUT2D eigenvalue weighted by atomic mass is 10.2. The molecule has 0 atom stereocenters. The number of rotatable bonds is 4. The normalized spacial score (nSPS) is 10.2. The third kappa shape index (κ3) is 3.94. The molecule has 0 aromatic heterocycles. The van der Waals surface area contributed by atoms with E-state index in [0.29, 0.717) is 5.56 Å². The van der Waals surface area contributed by atoms with Gasteiger partial charge in [-0.25, -0.2) is 0 Å². The van der Waals surface area contributed by atoms with E-state index in [0.717, 1.165) is 20.6 Å². The molecule has 3 aromatic rings. The predicted molar refractivity (Wildman–Crippen MR) is 108 cm³/mol. The average molecular weight is 428 g/mol. The van der Waals surface area contributed by atoms with E-state index in [1.807, 2.05) is 60.7 Å². The molecule has 0 unspecified atom stereocenters. The molecule has 2 N–H and O–H groups in total. The molecule has 0 aliphatic rings. The van der Waals surface area contributed by atoms with Gasteiger partial charge < -0.3 is 10.6 Å². The lowest BCUT2D eigenvalue weighted by Gasteiger charge is -2.14. The molecule has 0 aliphatic heterocycles. The summed E-state index contributed by atoms with van der Waals surface area (Å²) in [6.07, 6.45) is 0. The molecule has 3 nitrogen and oxygen atoms in total. The van der Waals surface area contributed by atoms with Gasteiger partial charge in [-0.2, -0.15) is 0 Å². The Labute approximate surface area is 155 Å². The molecule has 0 saturated carbocycles. The Morgan fingerprint density at radius 2 is 1.46 bits per heavy atom. The van der Waals surface area contributed by atoms with E-state index in [2.05, 4.69) is 52.3 Å². The minimum absolute atomic E-state index is 0.113. The van der Waals surface area contributed by atoms with Crippen LogP contribution in [0.3, 0.4) is 0 Å². The number of benzene rings is 3. The third-order valence-electron chi connectivity index (χ3n) is 3.62. The van der Waals surface area contributed by atoms with Gasteiger partial charge in [-0.1, -0.05) is 42.0 Å². The topological polar surface area (TPSA) is 41.1 Å². The maximum absolute atomic E-state index is 12.5. The highest BCUT2D eigenvalue weighted by Gasteiger charge is 2.11. The summed E-state index contributed by atoms with van der Waals surface area (Å²) in [5, 5.41) is 6.35. The van der Waals surface area contributed by atoms with E-state index < -0.39 is 0 Å². The molecule has 0 radical (unpaired) electrons. The highest BCUT2D eigenvalue weighted by atomic mass is 127. The standard InChI is InChI=1S/C20H17IN2O/c1-14-10-12-15(13-11-14)22-18-8-4-5-9-19(18)23-20(24)16-6-2-3-7-17(16)21/h2-13,22H,1H3,(H,23,24). The lowest BCUT2D eigenvalue weighted by molar-refractivity contribution is 0.102. The van der Waals surface area contributed by atoms with Crippen LogP contribution in [0.25, 0.3) is 0 Å². The summed E-state index contributed by atoms with van der Waals surface area (Å²) in [5.41, 5.74) is 4.48. The number of anilines is 3. The van der Waals surface area contributed by atoms with Crippen LogP contribution in [0.1, 0.15) is 15.9 Å². The maximum Gasteiger partial charge on any atom is 0.256 e. The van der Waals surface area contributed by atoms with Crippen molar-refractivity contribution in [2.45, 2.75) is 6.92 Å². The quantitative estimate of drug-likeness (QED) is 0.532. The molecule has 0 bridgehead atoms. The van der Waals surface area contributed by atoms with E-state index in [1.165, 1.54) is 5.56 Å². The van der Waals surface area contributed by atoms with Gasteiger partial charge >= 0.3 is 0 Å². The first-order chi connectivity index (χ1) is 11.6. The number of carbonyl (C=O) groups is 1. The minimum Gasteiger partial charge on any atom is -0.354 e. The zero-order chi connectivity index (χ0) is 16.9. The van der Waals surface area contributed by atoms with Crippen molar-refractivity contribution in [1.29, 1.82) is 0 Å². The molecule has 3 rings (SSSR count). The van der Waals surface area contributed by atoms with Gasteiger partial charge in [-0.05, 0) is 65.9 Å². The Bertz CT molecular complexity index is 860. The molecule has 0 saturated heterocycles. The smallest absolute Gasteiger partial charge is 0.256 e. The molecular weight excluding hydrogens is 411 g/mol. The monoisotopic (exact) mass is 428 g/mol. The van der Waals surface area contributed by atoms with Crippen molar-refractivity contribution in [3.63, 3.8) is 0 Å². The second-order valence-electron chi connectivity index (χ2n) is 5.47. The van der Waals surface area contributed by atoms with Crippen LogP contribution in [0.5, 0.6) is 0 Å². The fourth-order valence-electron chi connectivity index (χ4n) is 2.33. The Balaban J connectivity index is 1.83. The van der Waals surface area contributed by atoms with Gasteiger partial charge in [0.05, 0.1) is 16.9 Å². The molecule has 0 heterocycles. The van der Waals surface area contributed by atoms with Gasteiger partial charge in [-0.15, -0.1) is 0 Å². The van der Waals surface area contributed by atoms with Crippen molar-refractivity contribution < 1.29 is 4.79 Å². The maximum atomic E-state index is 12.5. The van der Waals surface area contributed by atoms with Crippen LogP contribution in [0, 0.1) is 10.5 Å². The predicted octanol–water partition coefficient (Wildman–Crippen LogP) is 5.60. The Kier molecular flexibility index (Phi) is 5.15. The summed E-state index contributed by atoms with van der Waals surface area (Å²) in [6.45, 7) is 2.05. The number of halogens is 1. The van der Waals surface area contributed by atoms with Crippen molar-refractivity contribution >= 4 is 45.6 Å². The molecule has 0 aliphatic carbocycles. The number of para-hydroxylation sites is 2. The van der Waals surface area contributed by atoms with Crippen LogP contribution in [0.15, 0.2) is 72.8 Å². The van der Waals surface area contributed by atoms with Gasteiger partial charge in [0.15, 0.2) is 0 Å². The highest BCUT2D eigenvalue weighted by molar-refractivity contribution is 14.1. The van der Waals surface area contributed by atoms with Crippen LogP contribution < -0.4 is 10.6 Å². The SMILES string of the molecule is Cc1ccc(Nc2ccccc2NC(=O)c2ccccc2I)cc1. The number of amides is 1. The lowest BCUT2D eigenvalue weighted by Crippen LogP contribution is -2.14. The summed E-state index contributed by atoms with van der Waals surface area (Å²) in [5.74, 6) is -0.113. The first kappa shape index (κ1) is 16.5. The van der Waals surface area contributed by atoms with Gasteiger partial charge in [0.1, 0.15) is 0 Å². The zero-order valence-corrected chi connectivity index (χ0v) is 15.4. The van der Waals surface area contributed by atoms with Crippen molar-refractivity contribution in [3.8, 4) is 0 Å². The number of hydrogen-bond donors (Lipinski definition) is 2. The van der Waals surface area contributed by atoms with Crippen molar-refractivity contribution in [2.75, 3.05) is 10.6 Å². The second-order valence-corrected chi connectivity index (χ2v) is 6.63. The van der Waals surface area contributed by atoms with Crippen molar-refractivity contribution in [3.05, 3.63) is 87.5 Å². The first-order valence-electron chi connectivity index (χ1n) is 7.62. The number of aryl methyl sites for hydroxylation is 1. The van der Waals surface area contributed by atoms with Gasteiger partial charge in [0, 0.05) is 9.26 Å². The molecule has 0 spiro atoms. The minimum atomic E-state index is -0.113. The Hall–Kier alpha value is -2.34. The fraction of sp³-hybridized carbons (Fsp3) is 0.0500. The van der Waals surface area contributed by atoms with Gasteiger partial charge in [0.2, 0.25) is 0 Å². The second kappa shape index (κ2) is 7.49. The first-order valence-corrected chi connectivity index (χ1v) is 8.70. The summed E-state index contributed by atoms with van der Waals surface area (Å²) < 4.78 is 0.927. The zero-order valence-electron chi connectivity index (χ0n) is 13.2. The van der Waals surface area contributed by atoms with E-state index in [1.54, 1.807) is 0 Å². The molecule has 120 valence electrons. The largest absolute Gasteiger partial charge is 0.354 e.